The highest BCUT2D eigenvalue weighted by atomic mass is 32.2. The number of Topliss-reactive ketones (excluding diaryl/α,β-unsaturated/α-hetero) is 2. The standard InChI is InChI=1S/C42H66N4O7S/c1-11-27-21-40(27,36(51)44-54(52,53)28-15-16-28)23-32(48)30-22-42(39(8,9)41(42)17-13-18-41)25-46(30)35(50)29(37(2,3)4)20-31(47)33(38(5,6)7)43-34(49)26-14-12-19-45(10)24-26/h11,26-30,33H,1,12-25H2,2-10H3,(H,43,49)(H,44,51)/t26-,27-,29-,30+,33-,40-,42-/m1/s1. The second-order valence-corrected chi connectivity index (χ2v) is 22.8. The molecule has 4 aliphatic carbocycles. The average molecular weight is 771 g/mol. The van der Waals surface area contributed by atoms with Crippen molar-refractivity contribution in [2.24, 2.45) is 50.2 Å². The lowest BCUT2D eigenvalue weighted by molar-refractivity contribution is -0.147. The molecule has 2 spiro atoms. The monoisotopic (exact) mass is 770 g/mol. The number of allylic oxidation sites excluding steroid dienone is 1. The van der Waals surface area contributed by atoms with Crippen molar-refractivity contribution in [3.05, 3.63) is 12.7 Å². The summed E-state index contributed by atoms with van der Waals surface area (Å²) in [4.78, 5) is 75.3. The summed E-state index contributed by atoms with van der Waals surface area (Å²) >= 11 is 0. The molecule has 2 aliphatic heterocycles. The van der Waals surface area contributed by atoms with Gasteiger partial charge in [-0.3, -0.25) is 28.7 Å². The first kappa shape index (κ1) is 41.0. The summed E-state index contributed by atoms with van der Waals surface area (Å²) in [5.74, 6) is -2.80. The molecule has 6 aliphatic rings. The van der Waals surface area contributed by atoms with E-state index in [1.807, 2.05) is 48.6 Å². The van der Waals surface area contributed by atoms with Crippen molar-refractivity contribution in [2.75, 3.05) is 26.7 Å². The molecule has 2 N–H and O–H groups in total. The van der Waals surface area contributed by atoms with Gasteiger partial charge in [0.2, 0.25) is 27.7 Å². The Morgan fingerprint density at radius 1 is 0.926 bits per heavy atom. The molecule has 0 bridgehead atoms. The van der Waals surface area contributed by atoms with Gasteiger partial charge in [-0.15, -0.1) is 6.58 Å². The van der Waals surface area contributed by atoms with Crippen molar-refractivity contribution in [1.29, 1.82) is 0 Å². The number of hydrogen-bond donors (Lipinski definition) is 2. The molecule has 0 aromatic rings. The van der Waals surface area contributed by atoms with E-state index in [1.165, 1.54) is 0 Å². The lowest BCUT2D eigenvalue weighted by Crippen LogP contribution is -2.54. The van der Waals surface area contributed by atoms with Crippen LogP contribution < -0.4 is 10.0 Å². The number of carbonyl (C=O) groups is 5. The van der Waals surface area contributed by atoms with Crippen molar-refractivity contribution in [3.8, 4) is 0 Å². The summed E-state index contributed by atoms with van der Waals surface area (Å²) in [6.07, 6.45) is 8.06. The van der Waals surface area contributed by atoms with Gasteiger partial charge in [0.05, 0.1) is 28.7 Å². The Morgan fingerprint density at radius 2 is 1.57 bits per heavy atom. The van der Waals surface area contributed by atoms with Gasteiger partial charge in [-0.1, -0.05) is 67.9 Å². The van der Waals surface area contributed by atoms with Gasteiger partial charge in [0, 0.05) is 37.3 Å². The van der Waals surface area contributed by atoms with Gasteiger partial charge in [-0.2, -0.15) is 0 Å². The van der Waals surface area contributed by atoms with Crippen LogP contribution in [0.2, 0.25) is 0 Å². The van der Waals surface area contributed by atoms with Gasteiger partial charge >= 0.3 is 0 Å². The Hall–Kier alpha value is -2.60. The number of carbonyl (C=O) groups excluding carboxylic acids is 5. The first-order chi connectivity index (χ1) is 24.9. The van der Waals surface area contributed by atoms with Gasteiger partial charge in [0.1, 0.15) is 0 Å². The molecular formula is C42H66N4O7S. The predicted octanol–water partition coefficient (Wildman–Crippen LogP) is 5.04. The third kappa shape index (κ3) is 6.81. The highest BCUT2D eigenvalue weighted by Gasteiger charge is 2.85. The van der Waals surface area contributed by atoms with Crippen LogP contribution in [-0.4, -0.2) is 91.5 Å². The van der Waals surface area contributed by atoms with Crippen LogP contribution in [0.4, 0.5) is 0 Å². The van der Waals surface area contributed by atoms with Crippen molar-refractivity contribution >= 4 is 39.3 Å². The molecule has 2 saturated heterocycles. The zero-order valence-corrected chi connectivity index (χ0v) is 35.1. The summed E-state index contributed by atoms with van der Waals surface area (Å²) < 4.78 is 27.9. The number of hydrogen-bond acceptors (Lipinski definition) is 8. The van der Waals surface area contributed by atoms with Crippen LogP contribution in [0, 0.1) is 50.2 Å². The van der Waals surface area contributed by atoms with Crippen LogP contribution >= 0.6 is 0 Å². The maximum Gasteiger partial charge on any atom is 0.240 e. The summed E-state index contributed by atoms with van der Waals surface area (Å²) in [6.45, 7) is 22.0. The van der Waals surface area contributed by atoms with Gasteiger partial charge in [0.25, 0.3) is 0 Å². The number of ketones is 2. The summed E-state index contributed by atoms with van der Waals surface area (Å²) in [5.41, 5.74) is -2.79. The fraction of sp³-hybridized carbons (Fsp3) is 0.833. The topological polar surface area (TPSA) is 150 Å². The summed E-state index contributed by atoms with van der Waals surface area (Å²) in [7, 11) is -1.82. The third-order valence-corrected chi connectivity index (χ3v) is 17.1. The molecule has 0 unspecified atom stereocenters. The van der Waals surface area contributed by atoms with Crippen LogP contribution in [0.5, 0.6) is 0 Å². The van der Waals surface area contributed by atoms with Gasteiger partial charge in [0.15, 0.2) is 11.6 Å². The zero-order chi connectivity index (χ0) is 40.0. The molecule has 302 valence electrons. The van der Waals surface area contributed by atoms with E-state index in [2.05, 4.69) is 35.4 Å². The molecule has 0 aromatic heterocycles. The molecule has 2 heterocycles. The molecule has 11 nitrogen and oxygen atoms in total. The number of rotatable bonds is 13. The molecule has 6 rings (SSSR count). The Kier molecular flexibility index (Phi) is 10.3. The highest BCUT2D eigenvalue weighted by molar-refractivity contribution is 7.90. The number of sulfonamides is 1. The summed E-state index contributed by atoms with van der Waals surface area (Å²) in [6, 6.07) is -1.59. The first-order valence-electron chi connectivity index (χ1n) is 20.4. The van der Waals surface area contributed by atoms with E-state index >= 15 is 4.79 Å². The van der Waals surface area contributed by atoms with Crippen LogP contribution in [0.3, 0.4) is 0 Å². The molecule has 4 saturated carbocycles. The highest BCUT2D eigenvalue weighted by Crippen LogP contribution is 2.88. The fourth-order valence-corrected chi connectivity index (χ4v) is 12.5. The van der Waals surface area contributed by atoms with Crippen LogP contribution in [0.15, 0.2) is 12.7 Å². The van der Waals surface area contributed by atoms with Crippen LogP contribution in [0.25, 0.3) is 0 Å². The lowest BCUT2D eigenvalue weighted by atomic mass is 9.73. The predicted molar refractivity (Wildman–Crippen MR) is 207 cm³/mol. The minimum absolute atomic E-state index is 0.0338. The molecule has 0 aromatic carbocycles. The number of amides is 3. The first-order valence-corrected chi connectivity index (χ1v) is 22.0. The lowest BCUT2D eigenvalue weighted by Gasteiger charge is -2.38. The van der Waals surface area contributed by atoms with E-state index in [0.29, 0.717) is 38.8 Å². The number of nitrogens with zero attached hydrogens (tertiary/aromatic N) is 2. The number of nitrogens with one attached hydrogen (secondary N) is 2. The van der Waals surface area contributed by atoms with Crippen molar-refractivity contribution < 1.29 is 32.4 Å². The fourth-order valence-electron chi connectivity index (χ4n) is 11.1. The van der Waals surface area contributed by atoms with Gasteiger partial charge in [-0.25, -0.2) is 8.42 Å². The molecule has 54 heavy (non-hydrogen) atoms. The van der Waals surface area contributed by atoms with E-state index in [4.69, 9.17) is 0 Å². The molecule has 3 amide bonds. The Bertz CT molecular complexity index is 1700. The van der Waals surface area contributed by atoms with Crippen LogP contribution in [-0.2, 0) is 34.0 Å². The van der Waals surface area contributed by atoms with Gasteiger partial charge < -0.3 is 15.1 Å². The molecule has 12 heteroatoms. The SMILES string of the molecule is C=C[C@@H]1C[C@]1(CC(=O)[C@@H]1C[C@@]2(CN1C(=O)[C@@H](CC(=O)[C@@H](NC(=O)[C@@H]1CCCN(C)C1)C(C)(C)C)C(C)(C)C)C(C)(C)C21CCC1)C(=O)NS(=O)(=O)C1CC1. The number of piperidine rings is 1. The maximum absolute atomic E-state index is 15.1. The van der Waals surface area contributed by atoms with E-state index in [0.717, 1.165) is 38.6 Å². The quantitative estimate of drug-likeness (QED) is 0.248. The molecule has 0 radical (unpaired) electrons. The Labute approximate surface area is 323 Å². The molecular weight excluding hydrogens is 705 g/mol. The van der Waals surface area contributed by atoms with Crippen LogP contribution in [0.1, 0.15) is 126 Å². The normalized spacial score (nSPS) is 32.7. The average Bonchev–Trinajstić information content (AvgIpc) is 3.98. The van der Waals surface area contributed by atoms with E-state index in [9.17, 15) is 27.6 Å². The minimum Gasteiger partial charge on any atom is -0.345 e. The molecule has 7 atom stereocenters. The number of likely N-dealkylation sites (tertiary alicyclic amines) is 2. The minimum atomic E-state index is -3.82. The van der Waals surface area contributed by atoms with Crippen molar-refractivity contribution in [1.82, 2.24) is 19.8 Å². The summed E-state index contributed by atoms with van der Waals surface area (Å²) in [5, 5.41) is 2.52. The Balaban J connectivity index is 1.27. The van der Waals surface area contributed by atoms with Gasteiger partial charge in [-0.05, 0) is 92.5 Å². The third-order valence-electron chi connectivity index (χ3n) is 15.2. The Morgan fingerprint density at radius 3 is 2.06 bits per heavy atom. The van der Waals surface area contributed by atoms with E-state index < -0.39 is 55.4 Å². The van der Waals surface area contributed by atoms with Crippen molar-refractivity contribution in [2.45, 2.75) is 143 Å². The van der Waals surface area contributed by atoms with Crippen molar-refractivity contribution in [3.63, 3.8) is 0 Å². The van der Waals surface area contributed by atoms with E-state index in [-0.39, 0.29) is 64.3 Å². The molecule has 6 fully saturated rings. The number of fused-ring (bicyclic) bond motifs is 1. The van der Waals surface area contributed by atoms with E-state index in [1.54, 1.807) is 11.0 Å². The largest absolute Gasteiger partial charge is 0.345 e. The second kappa shape index (κ2) is 13.5. The maximum atomic E-state index is 15.1. The second-order valence-electron chi connectivity index (χ2n) is 20.8. The zero-order valence-electron chi connectivity index (χ0n) is 34.3. The smallest absolute Gasteiger partial charge is 0.240 e.